The van der Waals surface area contributed by atoms with Gasteiger partial charge in [0.25, 0.3) is 0 Å². The Hall–Kier alpha value is -1.22. The molecule has 1 rings (SSSR count). The third kappa shape index (κ3) is 5.04. The molecule has 0 saturated carbocycles. The lowest BCUT2D eigenvalue weighted by molar-refractivity contribution is -0.123. The molecule has 1 unspecified atom stereocenters. The first-order valence-electron chi connectivity index (χ1n) is 6.95. The van der Waals surface area contributed by atoms with Gasteiger partial charge in [0.15, 0.2) is 0 Å². The molecule has 0 aliphatic carbocycles. The summed E-state index contributed by atoms with van der Waals surface area (Å²) < 4.78 is 5.61. The smallest absolute Gasteiger partial charge is 0.229 e. The van der Waals surface area contributed by atoms with Gasteiger partial charge in [-0.25, -0.2) is 0 Å². The van der Waals surface area contributed by atoms with Crippen molar-refractivity contribution in [2.24, 2.45) is 5.41 Å². The summed E-state index contributed by atoms with van der Waals surface area (Å²) in [6, 6.07) is 5.80. The van der Waals surface area contributed by atoms with Crippen LogP contribution in [0.15, 0.2) is 18.2 Å². The number of alkyl halides is 1. The van der Waals surface area contributed by atoms with Crippen LogP contribution in [0.4, 0.5) is 5.69 Å². The number of rotatable bonds is 5. The highest BCUT2D eigenvalue weighted by molar-refractivity contribution is 6.20. The molecule has 0 spiro atoms. The number of hydrogen-bond donors (Lipinski definition) is 1. The Kier molecular flexibility index (Phi) is 5.88. The van der Waals surface area contributed by atoms with Crippen LogP contribution in [-0.4, -0.2) is 17.9 Å². The summed E-state index contributed by atoms with van der Waals surface area (Å²) >= 11 is 6.02. The number of hydrogen-bond acceptors (Lipinski definition) is 2. The van der Waals surface area contributed by atoms with Crippen molar-refractivity contribution >= 4 is 23.2 Å². The first kappa shape index (κ1) is 16.8. The molecule has 1 amide bonds. The van der Waals surface area contributed by atoms with Crippen molar-refractivity contribution in [3.05, 3.63) is 23.8 Å². The number of carbonyl (C=O) groups excluding carboxylic acids is 1. The number of amides is 1. The quantitative estimate of drug-likeness (QED) is 0.826. The van der Waals surface area contributed by atoms with Crippen LogP contribution in [0.5, 0.6) is 5.75 Å². The van der Waals surface area contributed by atoms with E-state index in [9.17, 15) is 4.79 Å². The fraction of sp³-hybridized carbons (Fsp3) is 0.562. The van der Waals surface area contributed by atoms with Crippen molar-refractivity contribution in [1.82, 2.24) is 0 Å². The SMILES string of the molecule is CCOc1cc(CC(C)Cl)ccc1NC(=O)C(C)(C)C. The molecule has 20 heavy (non-hydrogen) atoms. The number of halogens is 1. The highest BCUT2D eigenvalue weighted by atomic mass is 35.5. The molecule has 1 atom stereocenters. The third-order valence-electron chi connectivity index (χ3n) is 2.79. The van der Waals surface area contributed by atoms with Gasteiger partial charge in [0.1, 0.15) is 5.75 Å². The van der Waals surface area contributed by atoms with E-state index >= 15 is 0 Å². The molecule has 0 heterocycles. The van der Waals surface area contributed by atoms with Crippen LogP contribution in [0, 0.1) is 5.41 Å². The second-order valence-electron chi connectivity index (χ2n) is 5.95. The molecule has 0 aliphatic rings. The van der Waals surface area contributed by atoms with Crippen LogP contribution in [0.25, 0.3) is 0 Å². The molecule has 0 saturated heterocycles. The fourth-order valence-corrected chi connectivity index (χ4v) is 1.88. The molecule has 0 aliphatic heterocycles. The Morgan fingerprint density at radius 1 is 1.40 bits per heavy atom. The topological polar surface area (TPSA) is 38.3 Å². The van der Waals surface area contributed by atoms with E-state index in [1.807, 2.05) is 52.8 Å². The summed E-state index contributed by atoms with van der Waals surface area (Å²) in [7, 11) is 0. The minimum atomic E-state index is -0.438. The minimum Gasteiger partial charge on any atom is -0.492 e. The molecule has 4 heteroatoms. The molecule has 112 valence electrons. The first-order chi connectivity index (χ1) is 9.24. The van der Waals surface area contributed by atoms with Crippen molar-refractivity contribution in [1.29, 1.82) is 0 Å². The van der Waals surface area contributed by atoms with Gasteiger partial charge >= 0.3 is 0 Å². The molecule has 1 N–H and O–H groups in total. The van der Waals surface area contributed by atoms with Crippen molar-refractivity contribution in [2.75, 3.05) is 11.9 Å². The maximum Gasteiger partial charge on any atom is 0.229 e. The number of carbonyl (C=O) groups is 1. The average Bonchev–Trinajstić information content (AvgIpc) is 2.30. The van der Waals surface area contributed by atoms with Crippen molar-refractivity contribution in [2.45, 2.75) is 46.4 Å². The van der Waals surface area contributed by atoms with Gasteiger partial charge in [-0.05, 0) is 38.0 Å². The van der Waals surface area contributed by atoms with E-state index in [1.165, 1.54) is 0 Å². The minimum absolute atomic E-state index is 0.0306. The Balaban J connectivity index is 2.98. The molecule has 0 aromatic heterocycles. The molecular weight excluding hydrogens is 274 g/mol. The fourth-order valence-electron chi connectivity index (χ4n) is 1.71. The van der Waals surface area contributed by atoms with Gasteiger partial charge in [-0.2, -0.15) is 0 Å². The van der Waals surface area contributed by atoms with Crippen LogP contribution in [0.2, 0.25) is 0 Å². The molecule has 3 nitrogen and oxygen atoms in total. The van der Waals surface area contributed by atoms with Crippen molar-refractivity contribution in [3.8, 4) is 5.75 Å². The molecule has 0 bridgehead atoms. The van der Waals surface area contributed by atoms with Gasteiger partial charge in [-0.1, -0.05) is 26.8 Å². The molecular formula is C16H24ClNO2. The lowest BCUT2D eigenvalue weighted by Gasteiger charge is -2.20. The maximum atomic E-state index is 12.1. The van der Waals surface area contributed by atoms with Crippen molar-refractivity contribution in [3.63, 3.8) is 0 Å². The standard InChI is InChI=1S/C16H24ClNO2/c1-6-20-14-10-12(9-11(2)17)7-8-13(14)18-15(19)16(3,4)5/h7-8,10-11H,6,9H2,1-5H3,(H,18,19). The van der Waals surface area contributed by atoms with E-state index in [1.54, 1.807) is 0 Å². The van der Waals surface area contributed by atoms with E-state index in [-0.39, 0.29) is 11.3 Å². The zero-order chi connectivity index (χ0) is 15.3. The summed E-state index contributed by atoms with van der Waals surface area (Å²) in [6.07, 6.45) is 0.773. The van der Waals surface area contributed by atoms with Crippen LogP contribution >= 0.6 is 11.6 Å². The van der Waals surface area contributed by atoms with Gasteiger partial charge in [0, 0.05) is 10.8 Å². The van der Waals surface area contributed by atoms with Gasteiger partial charge < -0.3 is 10.1 Å². The van der Waals surface area contributed by atoms with E-state index < -0.39 is 5.41 Å². The van der Waals surface area contributed by atoms with Gasteiger partial charge in [-0.15, -0.1) is 11.6 Å². The Bertz CT molecular complexity index is 464. The second kappa shape index (κ2) is 6.98. The largest absolute Gasteiger partial charge is 0.492 e. The maximum absolute atomic E-state index is 12.1. The molecule has 1 aromatic carbocycles. The van der Waals surface area contributed by atoms with E-state index in [0.717, 1.165) is 12.0 Å². The number of ether oxygens (including phenoxy) is 1. The number of nitrogens with one attached hydrogen (secondary N) is 1. The Morgan fingerprint density at radius 3 is 2.55 bits per heavy atom. The van der Waals surface area contributed by atoms with Gasteiger partial charge in [0.2, 0.25) is 5.91 Å². The highest BCUT2D eigenvalue weighted by Gasteiger charge is 2.22. The van der Waals surface area contributed by atoms with E-state index in [2.05, 4.69) is 5.32 Å². The summed E-state index contributed by atoms with van der Waals surface area (Å²) in [6.45, 7) is 10.1. The normalized spacial score (nSPS) is 12.9. The lowest BCUT2D eigenvalue weighted by Crippen LogP contribution is -2.27. The monoisotopic (exact) mass is 297 g/mol. The molecule has 0 radical (unpaired) electrons. The molecule has 0 fully saturated rings. The first-order valence-corrected chi connectivity index (χ1v) is 7.39. The summed E-state index contributed by atoms with van der Waals surface area (Å²) in [5.74, 6) is 0.664. The molecule has 1 aromatic rings. The third-order valence-corrected chi connectivity index (χ3v) is 2.95. The summed E-state index contributed by atoms with van der Waals surface area (Å²) in [5, 5.41) is 2.99. The van der Waals surface area contributed by atoms with Crippen LogP contribution in [0.1, 0.15) is 40.2 Å². The van der Waals surface area contributed by atoms with Crippen molar-refractivity contribution < 1.29 is 9.53 Å². The summed E-state index contributed by atoms with van der Waals surface area (Å²) in [5.41, 5.74) is 1.37. The number of anilines is 1. The zero-order valence-corrected chi connectivity index (χ0v) is 13.7. The predicted molar refractivity (Wildman–Crippen MR) is 84.7 cm³/mol. The van der Waals surface area contributed by atoms with E-state index in [4.69, 9.17) is 16.3 Å². The van der Waals surface area contributed by atoms with Crippen LogP contribution < -0.4 is 10.1 Å². The second-order valence-corrected chi connectivity index (χ2v) is 6.70. The number of benzene rings is 1. The average molecular weight is 298 g/mol. The Morgan fingerprint density at radius 2 is 2.05 bits per heavy atom. The highest BCUT2D eigenvalue weighted by Crippen LogP contribution is 2.28. The zero-order valence-electron chi connectivity index (χ0n) is 12.9. The van der Waals surface area contributed by atoms with E-state index in [0.29, 0.717) is 18.0 Å². The van der Waals surface area contributed by atoms with Crippen LogP contribution in [0.3, 0.4) is 0 Å². The Labute approximate surface area is 126 Å². The lowest BCUT2D eigenvalue weighted by atomic mass is 9.95. The summed E-state index contributed by atoms with van der Waals surface area (Å²) in [4.78, 5) is 12.1. The predicted octanol–water partition coefficient (Wildman–Crippen LogP) is 4.24. The van der Waals surface area contributed by atoms with Gasteiger partial charge in [0.05, 0.1) is 12.3 Å². The van der Waals surface area contributed by atoms with Crippen LogP contribution in [-0.2, 0) is 11.2 Å². The van der Waals surface area contributed by atoms with Gasteiger partial charge in [-0.3, -0.25) is 4.79 Å².